The number of rotatable bonds is 11. The molecule has 0 aliphatic carbocycles. The number of alkyl halides is 1. The van der Waals surface area contributed by atoms with E-state index in [1.54, 1.807) is 124 Å². The van der Waals surface area contributed by atoms with Crippen molar-refractivity contribution in [2.75, 3.05) is 35.6 Å². The van der Waals surface area contributed by atoms with E-state index in [1.807, 2.05) is 153 Å². The molecular formula is C85H73B3BrF7INO8S. The van der Waals surface area contributed by atoms with Crippen LogP contribution in [0.15, 0.2) is 264 Å². The molecule has 3 N–H and O–H groups in total. The Morgan fingerprint density at radius 1 is 0.421 bits per heavy atom. The fourth-order valence-corrected chi connectivity index (χ4v) is 12.4. The van der Waals surface area contributed by atoms with Gasteiger partial charge in [-0.25, -0.2) is 26.3 Å². The van der Waals surface area contributed by atoms with Gasteiger partial charge in [0, 0.05) is 74.9 Å². The van der Waals surface area contributed by atoms with Crippen LogP contribution in [0.1, 0.15) is 23.6 Å². The van der Waals surface area contributed by atoms with E-state index in [0.29, 0.717) is 83.3 Å². The van der Waals surface area contributed by atoms with E-state index in [9.17, 15) is 40.8 Å². The van der Waals surface area contributed by atoms with Crippen molar-refractivity contribution in [2.24, 2.45) is 4.30 Å². The molecule has 9 nitrogen and oxygen atoms in total. The summed E-state index contributed by atoms with van der Waals surface area (Å²) in [6, 6.07) is 74.4. The summed E-state index contributed by atoms with van der Waals surface area (Å²) in [4.78, 5) is 0. The second kappa shape index (κ2) is 41.8. The Morgan fingerprint density at radius 3 is 1.15 bits per heavy atom. The first-order chi connectivity index (χ1) is 52.1. The Morgan fingerprint density at radius 2 is 0.757 bits per heavy atom. The second-order valence-electron chi connectivity index (χ2n) is 23.2. The van der Waals surface area contributed by atoms with Crippen LogP contribution in [-0.2, 0) is 0 Å². The van der Waals surface area contributed by atoms with Gasteiger partial charge in [0.15, 0.2) is 0 Å². The van der Waals surface area contributed by atoms with Crippen molar-refractivity contribution >= 4 is 122 Å². The van der Waals surface area contributed by atoms with Crippen LogP contribution in [0.25, 0.3) is 87.6 Å². The van der Waals surface area contributed by atoms with Gasteiger partial charge in [-0.3, -0.25) is 4.39 Å². The molecule has 107 heavy (non-hydrogen) atoms. The quantitative estimate of drug-likeness (QED) is 0.0438. The zero-order valence-electron chi connectivity index (χ0n) is 60.4. The first kappa shape index (κ1) is 82.7. The number of hydrogen-bond acceptors (Lipinski definition) is 10. The molecule has 0 aliphatic rings. The van der Waals surface area contributed by atoms with Crippen LogP contribution in [0, 0.1) is 66.2 Å². The van der Waals surface area contributed by atoms with E-state index >= 15 is 0 Å². The van der Waals surface area contributed by atoms with Crippen LogP contribution in [-0.4, -0.2) is 73.1 Å². The van der Waals surface area contributed by atoms with Crippen molar-refractivity contribution in [2.45, 2.75) is 27.7 Å². The summed E-state index contributed by atoms with van der Waals surface area (Å²) >= 11 is 8.16. The molecule has 0 fully saturated rings. The maximum atomic E-state index is 14.5. The van der Waals surface area contributed by atoms with Crippen LogP contribution in [0.5, 0.6) is 28.7 Å². The summed E-state index contributed by atoms with van der Waals surface area (Å²) in [6.45, 7) is 7.91. The van der Waals surface area contributed by atoms with Crippen molar-refractivity contribution < 1.29 is 70.8 Å². The van der Waals surface area contributed by atoms with Crippen LogP contribution in [0.3, 0.4) is 0 Å². The molecule has 0 unspecified atom stereocenters. The van der Waals surface area contributed by atoms with Gasteiger partial charge in [0.05, 0.1) is 41.4 Å². The van der Waals surface area contributed by atoms with E-state index in [4.69, 9.17) is 30.0 Å². The molecule has 14 aromatic carbocycles. The molecule has 0 saturated heterocycles. The van der Waals surface area contributed by atoms with Crippen molar-refractivity contribution in [1.82, 2.24) is 0 Å². The second-order valence-corrected chi connectivity index (χ2v) is 25.4. The number of methoxy groups -OCH3 is 4. The van der Waals surface area contributed by atoms with Gasteiger partial charge in [-0.1, -0.05) is 193 Å². The molecule has 0 atom stereocenters. The molecule has 0 bridgehead atoms. The number of hydrogen-bond donors (Lipinski definition) is 4. The Balaban J connectivity index is 0.000000185. The molecule has 0 amide bonds. The predicted molar refractivity (Wildman–Crippen MR) is 438 cm³/mol. The first-order valence-electron chi connectivity index (χ1n) is 33.3. The molecule has 0 spiro atoms. The number of nitrogens with zero attached hydrogens (tertiary/aromatic N) is 1. The predicted octanol–water partition coefficient (Wildman–Crippen LogP) is 22.2. The molecular weight excluding hydrogens is 1570 g/mol. The first-order valence-corrected chi connectivity index (χ1v) is 34.9. The van der Waals surface area contributed by atoms with Crippen molar-refractivity contribution in [3.63, 3.8) is 0 Å². The van der Waals surface area contributed by atoms with E-state index < -0.39 is 14.3 Å². The van der Waals surface area contributed by atoms with Gasteiger partial charge in [0.25, 0.3) is 0 Å². The molecule has 0 aromatic heterocycles. The topological polar surface area (TPSA) is 119 Å². The molecule has 22 heteroatoms. The van der Waals surface area contributed by atoms with Crippen LogP contribution >= 0.6 is 51.3 Å². The fourth-order valence-electron chi connectivity index (χ4n) is 11.7. The average molecular weight is 1640 g/mol. The van der Waals surface area contributed by atoms with Gasteiger partial charge < -0.3 is 38.7 Å². The Hall–Kier alpha value is -9.94. The standard InChI is InChI=1S/C24H18F2O.C18H15BFO3.C18H15FO.C12H13BO3.C6H4BrF.C6H4FI.CH3F.BHNS/c1-15-11-12-19-17(23(15)20-8-4-6-10-22(20)26)13-14-18(24(19)27-2)16-7-3-5-9-21(16)25;1-11-7-8-15-14(17(11)23-19-21)10-9-13(18(15)22-2)12-5-3-4-6-16(12)20;1-12-7-9-14-13(11-12)8-10-16(18(14)20-2)15-5-3-4-6-17(15)19;1-8-3-5-10-9(7-8)4-6-11(13(14)15)12(10)16-2;2*7-5-3-1-2-4-6(5)8;1-2;1-2-3/h3-14H,1-2H3;3-10,21H,1-2H3;3-11H,1-2H3;3-7,14-15H,1-2H3;2*1-4H;1H3;3H/i;;;;;;1D;. The molecule has 0 heterocycles. The van der Waals surface area contributed by atoms with Crippen LogP contribution < -0.4 is 29.1 Å². The van der Waals surface area contributed by atoms with Gasteiger partial charge in [0.1, 0.15) is 63.7 Å². The van der Waals surface area contributed by atoms with E-state index in [2.05, 4.69) is 53.7 Å². The number of fused-ring (bicyclic) bond motifs is 4. The van der Waals surface area contributed by atoms with Crippen molar-refractivity contribution in [3.05, 3.63) is 320 Å². The third-order valence-corrected chi connectivity index (χ3v) is 18.0. The number of benzene rings is 14. The molecule has 544 valence electrons. The minimum atomic E-state index is -1.51. The van der Waals surface area contributed by atoms with Crippen LogP contribution in [0.4, 0.5) is 30.7 Å². The van der Waals surface area contributed by atoms with Crippen LogP contribution in [0.2, 0.25) is 0 Å². The Labute approximate surface area is 649 Å². The molecule has 2 radical (unpaired) electrons. The monoisotopic (exact) mass is 1640 g/mol. The number of halogens is 9. The zero-order chi connectivity index (χ0) is 78.6. The summed E-state index contributed by atoms with van der Waals surface area (Å²) < 4.78 is 128. The summed E-state index contributed by atoms with van der Waals surface area (Å²) in [5.74, 6) is 1.44. The maximum absolute atomic E-state index is 14.5. The van der Waals surface area contributed by atoms with Gasteiger partial charge in [-0.15, -0.1) is 0 Å². The minimum absolute atomic E-state index is 0.145. The summed E-state index contributed by atoms with van der Waals surface area (Å²) in [7, 11) is 8.75. The fraction of sp³-hybridized carbons (Fsp3) is 0.106. The van der Waals surface area contributed by atoms with Crippen molar-refractivity contribution in [1.29, 1.82) is 0 Å². The Bertz CT molecular complexity index is 5280. The van der Waals surface area contributed by atoms with Gasteiger partial charge in [-0.05, 0) is 172 Å². The van der Waals surface area contributed by atoms with E-state index in [-0.39, 0.29) is 34.9 Å². The van der Waals surface area contributed by atoms with E-state index in [0.717, 1.165) is 70.9 Å². The molecule has 14 aromatic rings. The number of aryl methyl sites for hydroxylation is 4. The SMILES string of the molecule is COc1c(-c2ccccc2F)ccc2c(-c3ccccc3F)c(C)ccc12.COc1c(-c2ccccc2F)ccc2c(O[B]O)c(C)ccc12.COc1c(-c2ccccc2F)ccc2cc(C)ccc12.COc1c(B(O)O)ccc2cc(C)ccc12.Fc1ccccc1Br.Fc1ccccc1I.[2H]CF.[B]=NS. The van der Waals surface area contributed by atoms with Gasteiger partial charge in [-0.2, -0.15) is 0 Å². The molecule has 14 rings (SSSR count). The third-order valence-electron chi connectivity index (χ3n) is 16.5. The summed E-state index contributed by atoms with van der Waals surface area (Å²) in [5, 5.41) is 34.7. The molecule has 0 saturated carbocycles. The Kier molecular flexibility index (Phi) is 32.3. The number of thiol groups is 1. The van der Waals surface area contributed by atoms with E-state index in [1.165, 1.54) is 49.1 Å². The van der Waals surface area contributed by atoms with Crippen molar-refractivity contribution in [3.8, 4) is 73.3 Å². The molecule has 0 aliphatic heterocycles. The number of ether oxygens (including phenoxy) is 4. The zero-order valence-corrected chi connectivity index (χ0v) is 64.0. The third kappa shape index (κ3) is 21.5. The normalized spacial score (nSPS) is 10.3. The summed E-state index contributed by atoms with van der Waals surface area (Å²) in [6.07, 6.45) is 0. The average Bonchev–Trinajstić information content (AvgIpc) is 0.756. The van der Waals surface area contributed by atoms with Gasteiger partial charge >= 0.3 is 39.6 Å². The van der Waals surface area contributed by atoms with Gasteiger partial charge in [0.2, 0.25) is 0 Å². The summed E-state index contributed by atoms with van der Waals surface area (Å²) in [5.41, 5.74) is 9.58.